The van der Waals surface area contributed by atoms with Crippen LogP contribution in [0.5, 0.6) is 0 Å². The van der Waals surface area contributed by atoms with Crippen molar-refractivity contribution in [2.45, 2.75) is 0 Å². The van der Waals surface area contributed by atoms with Crippen molar-refractivity contribution in [3.63, 3.8) is 0 Å². The molecule has 1 aromatic rings. The van der Waals surface area contributed by atoms with Crippen LogP contribution in [0.1, 0.15) is 0 Å². The molecule has 0 saturated carbocycles. The molecule has 0 aromatic heterocycles. The lowest BCUT2D eigenvalue weighted by molar-refractivity contribution is -0.216. The van der Waals surface area contributed by atoms with Crippen LogP contribution in [0.15, 0.2) is 17.1 Å². The Kier molecular flexibility index (Phi) is 2.06. The SMILES string of the molecule is [O-]C1=Nc2cc(Cl)c(Cl)cc2NC1. The zero-order chi connectivity index (χ0) is 9.42. The first-order valence-electron chi connectivity index (χ1n) is 3.64. The lowest BCUT2D eigenvalue weighted by Gasteiger charge is -2.20. The van der Waals surface area contributed by atoms with Gasteiger partial charge in [-0.3, -0.25) is 4.99 Å². The molecule has 0 aliphatic carbocycles. The molecule has 1 heterocycles. The van der Waals surface area contributed by atoms with E-state index in [1.165, 1.54) is 0 Å². The molecule has 0 atom stereocenters. The van der Waals surface area contributed by atoms with Crippen LogP contribution in [0.4, 0.5) is 11.4 Å². The van der Waals surface area contributed by atoms with Crippen molar-refractivity contribution in [2.24, 2.45) is 4.99 Å². The quantitative estimate of drug-likeness (QED) is 0.718. The third-order valence-corrected chi connectivity index (χ3v) is 2.44. The minimum Gasteiger partial charge on any atom is -0.860 e. The number of fused-ring (bicyclic) bond motifs is 1. The fourth-order valence-corrected chi connectivity index (χ4v) is 1.44. The van der Waals surface area contributed by atoms with E-state index in [9.17, 15) is 5.11 Å². The van der Waals surface area contributed by atoms with Gasteiger partial charge in [0.15, 0.2) is 0 Å². The Morgan fingerprint density at radius 3 is 2.77 bits per heavy atom. The number of anilines is 1. The molecule has 3 nitrogen and oxygen atoms in total. The maximum absolute atomic E-state index is 10.9. The highest BCUT2D eigenvalue weighted by Gasteiger charge is 2.09. The van der Waals surface area contributed by atoms with Gasteiger partial charge >= 0.3 is 0 Å². The molecular formula is C8H5Cl2N2O-. The molecule has 1 aliphatic heterocycles. The van der Waals surface area contributed by atoms with Gasteiger partial charge in [0.2, 0.25) is 0 Å². The summed E-state index contributed by atoms with van der Waals surface area (Å²) in [5, 5.41) is 14.7. The van der Waals surface area contributed by atoms with E-state index < -0.39 is 0 Å². The van der Waals surface area contributed by atoms with Crippen LogP contribution in [-0.2, 0) is 0 Å². The van der Waals surface area contributed by atoms with Crippen LogP contribution in [0.25, 0.3) is 0 Å². The molecule has 0 spiro atoms. The minimum atomic E-state index is -0.203. The third-order valence-electron chi connectivity index (χ3n) is 1.71. The van der Waals surface area contributed by atoms with Gasteiger partial charge in [-0.25, -0.2) is 0 Å². The predicted molar refractivity (Wildman–Crippen MR) is 52.0 cm³/mol. The summed E-state index contributed by atoms with van der Waals surface area (Å²) in [5.74, 6) is -0.203. The molecule has 68 valence electrons. The van der Waals surface area contributed by atoms with Gasteiger partial charge in [0.1, 0.15) is 0 Å². The van der Waals surface area contributed by atoms with E-state index in [0.29, 0.717) is 15.7 Å². The Hall–Kier alpha value is -0.930. The fraction of sp³-hybridized carbons (Fsp3) is 0.125. The molecule has 5 heteroatoms. The van der Waals surface area contributed by atoms with Gasteiger partial charge in [-0.05, 0) is 18.0 Å². The van der Waals surface area contributed by atoms with E-state index in [1.807, 2.05) is 0 Å². The molecule has 1 aromatic carbocycles. The normalized spacial score (nSPS) is 14.5. The fourth-order valence-electron chi connectivity index (χ4n) is 1.12. The molecule has 0 fully saturated rings. The zero-order valence-electron chi connectivity index (χ0n) is 6.47. The molecule has 1 aliphatic rings. The molecule has 0 radical (unpaired) electrons. The standard InChI is InChI=1S/C8H6Cl2N2O/c9-4-1-6-7(2-5(4)10)12-8(13)3-11-6/h1-2,11H,3H2,(H,12,13)/p-1. The first-order chi connectivity index (χ1) is 6.16. The predicted octanol–water partition coefficient (Wildman–Crippen LogP) is 1.81. The van der Waals surface area contributed by atoms with Crippen LogP contribution in [0.3, 0.4) is 0 Å². The topological polar surface area (TPSA) is 47.5 Å². The largest absolute Gasteiger partial charge is 0.860 e. The van der Waals surface area contributed by atoms with Crippen molar-refractivity contribution in [2.75, 3.05) is 11.9 Å². The maximum atomic E-state index is 10.9. The van der Waals surface area contributed by atoms with Crippen molar-refractivity contribution in [3.05, 3.63) is 22.2 Å². The summed E-state index contributed by atoms with van der Waals surface area (Å²) in [6, 6.07) is 3.23. The highest BCUT2D eigenvalue weighted by Crippen LogP contribution is 2.35. The summed E-state index contributed by atoms with van der Waals surface area (Å²) in [6.07, 6.45) is 0. The summed E-state index contributed by atoms with van der Waals surface area (Å²) >= 11 is 11.5. The summed E-state index contributed by atoms with van der Waals surface area (Å²) in [6.45, 7) is 0.213. The molecule has 0 bridgehead atoms. The van der Waals surface area contributed by atoms with Crippen molar-refractivity contribution in [1.82, 2.24) is 0 Å². The number of nitrogens with zero attached hydrogens (tertiary/aromatic N) is 1. The maximum Gasteiger partial charge on any atom is 0.0866 e. The second kappa shape index (κ2) is 3.09. The third kappa shape index (κ3) is 1.57. The van der Waals surface area contributed by atoms with Gasteiger partial charge in [0.05, 0.1) is 21.4 Å². The Labute approximate surface area is 85.0 Å². The number of hydrogen-bond donors (Lipinski definition) is 1. The molecule has 0 unspecified atom stereocenters. The Balaban J connectivity index is 2.57. The number of halogens is 2. The van der Waals surface area contributed by atoms with Crippen molar-refractivity contribution in [3.8, 4) is 0 Å². The number of rotatable bonds is 0. The monoisotopic (exact) mass is 215 g/mol. The van der Waals surface area contributed by atoms with Gasteiger partial charge in [0.25, 0.3) is 0 Å². The number of benzene rings is 1. The van der Waals surface area contributed by atoms with E-state index in [0.717, 1.165) is 5.69 Å². The Morgan fingerprint density at radius 2 is 2.00 bits per heavy atom. The van der Waals surface area contributed by atoms with Gasteiger partial charge < -0.3 is 10.4 Å². The summed E-state index contributed by atoms with van der Waals surface area (Å²) in [4.78, 5) is 3.80. The number of nitrogens with one attached hydrogen (secondary N) is 1. The first-order valence-corrected chi connectivity index (χ1v) is 4.40. The second-order valence-corrected chi connectivity index (χ2v) is 3.46. The molecule has 1 N–H and O–H groups in total. The van der Waals surface area contributed by atoms with Gasteiger partial charge in [-0.15, -0.1) is 0 Å². The molecule has 0 saturated heterocycles. The van der Waals surface area contributed by atoms with E-state index in [4.69, 9.17) is 23.2 Å². The van der Waals surface area contributed by atoms with Gasteiger partial charge in [-0.1, -0.05) is 23.2 Å². The van der Waals surface area contributed by atoms with Crippen LogP contribution in [-0.4, -0.2) is 12.4 Å². The lowest BCUT2D eigenvalue weighted by Crippen LogP contribution is -2.28. The highest BCUT2D eigenvalue weighted by molar-refractivity contribution is 6.42. The average molecular weight is 216 g/mol. The molecule has 2 rings (SSSR count). The van der Waals surface area contributed by atoms with Crippen molar-refractivity contribution < 1.29 is 5.11 Å². The molecule has 13 heavy (non-hydrogen) atoms. The van der Waals surface area contributed by atoms with E-state index >= 15 is 0 Å². The Bertz CT molecular complexity index is 390. The van der Waals surface area contributed by atoms with Crippen molar-refractivity contribution >= 4 is 40.5 Å². The van der Waals surface area contributed by atoms with Gasteiger partial charge in [-0.2, -0.15) is 0 Å². The summed E-state index contributed by atoms with van der Waals surface area (Å²) in [5.41, 5.74) is 1.29. The van der Waals surface area contributed by atoms with E-state index in [-0.39, 0.29) is 12.4 Å². The van der Waals surface area contributed by atoms with Crippen LogP contribution in [0.2, 0.25) is 10.0 Å². The molecular weight excluding hydrogens is 211 g/mol. The Morgan fingerprint density at radius 1 is 1.31 bits per heavy atom. The minimum absolute atomic E-state index is 0.203. The number of aliphatic imine (C=N–C) groups is 1. The summed E-state index contributed by atoms with van der Waals surface area (Å²) < 4.78 is 0. The van der Waals surface area contributed by atoms with E-state index in [1.54, 1.807) is 12.1 Å². The second-order valence-electron chi connectivity index (χ2n) is 2.64. The number of hydrogen-bond acceptors (Lipinski definition) is 3. The zero-order valence-corrected chi connectivity index (χ0v) is 7.99. The van der Waals surface area contributed by atoms with Crippen LogP contribution in [0, 0.1) is 0 Å². The van der Waals surface area contributed by atoms with Crippen LogP contribution < -0.4 is 10.4 Å². The van der Waals surface area contributed by atoms with Crippen molar-refractivity contribution in [1.29, 1.82) is 0 Å². The first kappa shape index (κ1) is 8.66. The van der Waals surface area contributed by atoms with Crippen LogP contribution >= 0.6 is 23.2 Å². The smallest absolute Gasteiger partial charge is 0.0866 e. The van der Waals surface area contributed by atoms with Gasteiger partial charge in [0, 0.05) is 6.54 Å². The summed E-state index contributed by atoms with van der Waals surface area (Å²) in [7, 11) is 0. The lowest BCUT2D eigenvalue weighted by atomic mass is 10.2. The molecule has 0 amide bonds. The van der Waals surface area contributed by atoms with E-state index in [2.05, 4.69) is 10.3 Å². The average Bonchev–Trinajstić information content (AvgIpc) is 2.08. The highest BCUT2D eigenvalue weighted by atomic mass is 35.5.